The van der Waals surface area contributed by atoms with E-state index in [4.69, 9.17) is 16.6 Å². The number of benzene rings is 2. The maximum atomic E-state index is 5.95. The first kappa shape index (κ1) is 18.6. The molecule has 0 spiro atoms. The van der Waals surface area contributed by atoms with Gasteiger partial charge in [-0.15, -0.1) is 0 Å². The number of fused-ring (bicyclic) bond motifs is 1. The summed E-state index contributed by atoms with van der Waals surface area (Å²) < 4.78 is 3.14. The number of H-pyrrole nitrogens is 1. The summed E-state index contributed by atoms with van der Waals surface area (Å²) in [5.41, 5.74) is 3.49. The van der Waals surface area contributed by atoms with E-state index in [1.165, 1.54) is 10.9 Å². The first-order valence-corrected chi connectivity index (χ1v) is 10.6. The SMILES string of the molecule is Clc1ccc(NC(=NC2CCC(c3ccc4[nH]ncc4c3)CC2)NI)cc1. The predicted octanol–water partition coefficient (Wildman–Crippen LogP) is 5.65. The van der Waals surface area contributed by atoms with E-state index in [0.717, 1.165) is 47.9 Å². The molecule has 0 saturated heterocycles. The molecule has 3 aromatic rings. The summed E-state index contributed by atoms with van der Waals surface area (Å²) in [6.45, 7) is 0. The van der Waals surface area contributed by atoms with Crippen LogP contribution in [0.2, 0.25) is 5.02 Å². The summed E-state index contributed by atoms with van der Waals surface area (Å²) in [7, 11) is 0. The topological polar surface area (TPSA) is 65.1 Å². The number of hydrogen-bond donors (Lipinski definition) is 3. The van der Waals surface area contributed by atoms with E-state index in [-0.39, 0.29) is 0 Å². The molecular weight excluding hydrogens is 473 g/mol. The maximum absolute atomic E-state index is 5.95. The molecule has 0 radical (unpaired) electrons. The zero-order valence-corrected chi connectivity index (χ0v) is 17.7. The molecule has 1 heterocycles. The Hall–Kier alpha value is -1.80. The van der Waals surface area contributed by atoms with E-state index in [1.54, 1.807) is 0 Å². The fraction of sp³-hybridized carbons (Fsp3) is 0.300. The van der Waals surface area contributed by atoms with Gasteiger partial charge >= 0.3 is 0 Å². The highest BCUT2D eigenvalue weighted by Crippen LogP contribution is 2.35. The molecule has 140 valence electrons. The van der Waals surface area contributed by atoms with Gasteiger partial charge in [-0.1, -0.05) is 17.7 Å². The molecule has 0 aliphatic heterocycles. The molecule has 1 aromatic heterocycles. The van der Waals surface area contributed by atoms with Crippen molar-refractivity contribution in [3.63, 3.8) is 0 Å². The van der Waals surface area contributed by atoms with Crippen LogP contribution in [0, 0.1) is 0 Å². The smallest absolute Gasteiger partial charge is 0.204 e. The molecule has 0 atom stereocenters. The van der Waals surface area contributed by atoms with Crippen LogP contribution in [0.4, 0.5) is 5.69 Å². The zero-order valence-electron chi connectivity index (χ0n) is 14.8. The Labute approximate surface area is 177 Å². The molecule has 0 amide bonds. The van der Waals surface area contributed by atoms with Crippen LogP contribution in [0.25, 0.3) is 10.9 Å². The van der Waals surface area contributed by atoms with Gasteiger partial charge in [-0.05, 0) is 73.6 Å². The summed E-state index contributed by atoms with van der Waals surface area (Å²) in [6.07, 6.45) is 6.41. The van der Waals surface area contributed by atoms with Crippen molar-refractivity contribution in [2.45, 2.75) is 37.6 Å². The second-order valence-electron chi connectivity index (χ2n) is 6.93. The number of nitrogens with one attached hydrogen (secondary N) is 3. The van der Waals surface area contributed by atoms with Crippen molar-refractivity contribution < 1.29 is 0 Å². The summed E-state index contributed by atoms with van der Waals surface area (Å²) >= 11 is 8.07. The van der Waals surface area contributed by atoms with Crippen LogP contribution in [0.5, 0.6) is 0 Å². The fourth-order valence-electron chi connectivity index (χ4n) is 3.69. The zero-order chi connectivity index (χ0) is 18.6. The number of anilines is 1. The third-order valence-electron chi connectivity index (χ3n) is 5.14. The van der Waals surface area contributed by atoms with Gasteiger partial charge in [-0.2, -0.15) is 5.10 Å². The summed E-state index contributed by atoms with van der Waals surface area (Å²) in [5.74, 6) is 1.40. The van der Waals surface area contributed by atoms with Crippen LogP contribution in [-0.4, -0.2) is 22.2 Å². The van der Waals surface area contributed by atoms with Crippen LogP contribution < -0.4 is 8.85 Å². The first-order valence-electron chi connectivity index (χ1n) is 9.11. The second kappa shape index (κ2) is 8.48. The van der Waals surface area contributed by atoms with Crippen molar-refractivity contribution in [3.05, 3.63) is 59.2 Å². The standard InChI is InChI=1S/C20H21ClIN5/c21-16-4-8-18(9-5-16)25-20(26-22)24-17-6-1-13(2-7-17)14-3-10-19-15(11-14)12-23-27-19/h3-5,8-13,17H,1-2,6-7H2,(H,23,27)(H2,24,25,26). The van der Waals surface area contributed by atoms with Crippen LogP contribution in [0.1, 0.15) is 37.2 Å². The van der Waals surface area contributed by atoms with Crippen molar-refractivity contribution in [1.82, 2.24) is 13.7 Å². The number of halogens is 2. The number of aromatic nitrogens is 2. The first-order chi connectivity index (χ1) is 13.2. The molecule has 0 bridgehead atoms. The van der Waals surface area contributed by atoms with Crippen LogP contribution in [-0.2, 0) is 0 Å². The van der Waals surface area contributed by atoms with Crippen LogP contribution in [0.15, 0.2) is 53.7 Å². The Morgan fingerprint density at radius 3 is 2.63 bits per heavy atom. The number of aliphatic imine (C=N–C) groups is 1. The van der Waals surface area contributed by atoms with Crippen molar-refractivity contribution >= 4 is 57.0 Å². The van der Waals surface area contributed by atoms with Gasteiger partial charge in [-0.3, -0.25) is 8.63 Å². The van der Waals surface area contributed by atoms with E-state index in [0.29, 0.717) is 12.0 Å². The predicted molar refractivity (Wildman–Crippen MR) is 121 cm³/mol. The lowest BCUT2D eigenvalue weighted by Gasteiger charge is -2.27. The van der Waals surface area contributed by atoms with Crippen molar-refractivity contribution in [1.29, 1.82) is 0 Å². The Balaban J connectivity index is 1.38. The highest BCUT2D eigenvalue weighted by atomic mass is 127. The van der Waals surface area contributed by atoms with Gasteiger partial charge in [0.25, 0.3) is 0 Å². The van der Waals surface area contributed by atoms with E-state index in [2.05, 4.69) is 60.1 Å². The van der Waals surface area contributed by atoms with Gasteiger partial charge in [0.15, 0.2) is 0 Å². The quantitative estimate of drug-likeness (QED) is 0.191. The summed E-state index contributed by atoms with van der Waals surface area (Å²) in [5, 5.41) is 12.4. The minimum atomic E-state index is 0.343. The lowest BCUT2D eigenvalue weighted by molar-refractivity contribution is 0.397. The van der Waals surface area contributed by atoms with Crippen molar-refractivity contribution in [3.8, 4) is 0 Å². The van der Waals surface area contributed by atoms with Crippen LogP contribution in [0.3, 0.4) is 0 Å². The average molecular weight is 494 g/mol. The highest BCUT2D eigenvalue weighted by molar-refractivity contribution is 14.1. The Bertz CT molecular complexity index is 929. The minimum Gasteiger partial charge on any atom is -0.326 e. The second-order valence-corrected chi connectivity index (χ2v) is 7.90. The molecule has 27 heavy (non-hydrogen) atoms. The van der Waals surface area contributed by atoms with Crippen molar-refractivity contribution in [2.75, 3.05) is 5.32 Å². The number of aromatic amines is 1. The van der Waals surface area contributed by atoms with E-state index in [9.17, 15) is 0 Å². The van der Waals surface area contributed by atoms with E-state index >= 15 is 0 Å². The Morgan fingerprint density at radius 1 is 1.11 bits per heavy atom. The maximum Gasteiger partial charge on any atom is 0.204 e. The number of hydrogen-bond acceptors (Lipinski definition) is 2. The molecule has 5 nitrogen and oxygen atoms in total. The summed E-state index contributed by atoms with van der Waals surface area (Å²) in [4.78, 5) is 4.88. The molecule has 1 saturated carbocycles. The summed E-state index contributed by atoms with van der Waals surface area (Å²) in [6, 6.07) is 14.6. The molecule has 1 fully saturated rings. The van der Waals surface area contributed by atoms with Gasteiger partial charge in [-0.25, -0.2) is 4.99 Å². The van der Waals surface area contributed by atoms with Crippen LogP contribution >= 0.6 is 34.5 Å². The molecule has 4 rings (SSSR count). The lowest BCUT2D eigenvalue weighted by atomic mass is 9.81. The van der Waals surface area contributed by atoms with Gasteiger partial charge in [0.2, 0.25) is 5.96 Å². The van der Waals surface area contributed by atoms with E-state index in [1.807, 2.05) is 30.5 Å². The Morgan fingerprint density at radius 2 is 1.89 bits per heavy atom. The number of rotatable bonds is 3. The minimum absolute atomic E-state index is 0.343. The van der Waals surface area contributed by atoms with Gasteiger partial charge in [0.05, 0.1) is 40.6 Å². The number of guanidine groups is 1. The highest BCUT2D eigenvalue weighted by Gasteiger charge is 2.22. The normalized spacial score (nSPS) is 20.6. The average Bonchev–Trinajstić information content (AvgIpc) is 3.17. The van der Waals surface area contributed by atoms with Gasteiger partial charge in [0, 0.05) is 16.1 Å². The molecule has 1 aliphatic rings. The van der Waals surface area contributed by atoms with E-state index < -0.39 is 0 Å². The van der Waals surface area contributed by atoms with Gasteiger partial charge in [0.1, 0.15) is 0 Å². The molecule has 3 N–H and O–H groups in total. The third kappa shape index (κ3) is 4.55. The molecule has 2 aromatic carbocycles. The third-order valence-corrected chi connectivity index (χ3v) is 5.90. The molecule has 7 heteroatoms. The fourth-order valence-corrected chi connectivity index (χ4v) is 4.09. The Kier molecular flexibility index (Phi) is 5.83. The lowest BCUT2D eigenvalue weighted by Crippen LogP contribution is -2.27. The largest absolute Gasteiger partial charge is 0.326 e. The molecule has 0 unspecified atom stereocenters. The monoisotopic (exact) mass is 493 g/mol. The number of nitrogens with zero attached hydrogens (tertiary/aromatic N) is 2. The van der Waals surface area contributed by atoms with Gasteiger partial charge < -0.3 is 5.32 Å². The van der Waals surface area contributed by atoms with Crippen molar-refractivity contribution in [2.24, 2.45) is 4.99 Å². The molecule has 1 aliphatic carbocycles. The molecular formula is C20H21ClIN5.